The molecule has 23 heavy (non-hydrogen) atoms. The van der Waals surface area contributed by atoms with Gasteiger partial charge in [0.25, 0.3) is 0 Å². The smallest absolute Gasteiger partial charge is 0.343 e. The molecule has 120 valence electrons. The fourth-order valence-electron chi connectivity index (χ4n) is 1.64. The predicted octanol–water partition coefficient (Wildman–Crippen LogP) is 3.67. The highest BCUT2D eigenvalue weighted by Crippen LogP contribution is 2.32. The van der Waals surface area contributed by atoms with E-state index in [1.165, 1.54) is 7.11 Å². The van der Waals surface area contributed by atoms with Gasteiger partial charge in [0.05, 0.1) is 19.8 Å². The number of carbonyl (C=O) groups excluding carboxylic acids is 2. The average Bonchev–Trinajstić information content (AvgIpc) is 2.56. The summed E-state index contributed by atoms with van der Waals surface area (Å²) < 4.78 is 16.7. The largest absolute Gasteiger partial charge is 0.482 e. The molecule has 0 amide bonds. The van der Waals surface area contributed by atoms with Crippen molar-refractivity contribution in [3.8, 4) is 11.5 Å². The highest BCUT2D eigenvalue weighted by atomic mass is 127. The van der Waals surface area contributed by atoms with Gasteiger partial charge < -0.3 is 14.2 Å². The molecule has 0 atom stereocenters. The normalized spacial score (nSPS) is 10.0. The Labute approximate surface area is 160 Å². The van der Waals surface area contributed by atoms with Crippen molar-refractivity contribution >= 4 is 57.1 Å². The maximum atomic E-state index is 12.1. The van der Waals surface area contributed by atoms with E-state index >= 15 is 0 Å². The van der Waals surface area contributed by atoms with Crippen molar-refractivity contribution in [2.24, 2.45) is 0 Å². The summed E-state index contributed by atoms with van der Waals surface area (Å²) in [6.45, 7) is -0.175. The molecule has 0 spiro atoms. The highest BCUT2D eigenvalue weighted by Gasteiger charge is 2.15. The number of hydrogen-bond acceptors (Lipinski definition) is 5. The van der Waals surface area contributed by atoms with Crippen LogP contribution in [0.3, 0.4) is 0 Å². The molecule has 0 aromatic heterocycles. The molecule has 0 aliphatic heterocycles. The van der Waals surface area contributed by atoms with Gasteiger partial charge in [-0.3, -0.25) is 0 Å². The number of ether oxygens (including phenoxy) is 3. The van der Waals surface area contributed by atoms with Crippen LogP contribution in [0.25, 0.3) is 0 Å². The molecule has 5 nitrogen and oxygen atoms in total. The second kappa shape index (κ2) is 8.48. The Morgan fingerprint density at radius 2 is 1.65 bits per heavy atom. The third-order valence-electron chi connectivity index (χ3n) is 2.76. The molecule has 0 unspecified atom stereocenters. The van der Waals surface area contributed by atoms with E-state index in [2.05, 4.69) is 49.9 Å². The van der Waals surface area contributed by atoms with Crippen LogP contribution in [0.2, 0.25) is 0 Å². The summed E-state index contributed by atoms with van der Waals surface area (Å²) in [7, 11) is 1.30. The summed E-state index contributed by atoms with van der Waals surface area (Å²) in [6.07, 6.45) is 0. The van der Waals surface area contributed by atoms with Gasteiger partial charge in [-0.15, -0.1) is 0 Å². The van der Waals surface area contributed by atoms with Gasteiger partial charge in [-0.25, -0.2) is 9.59 Å². The molecule has 0 radical (unpaired) electrons. The van der Waals surface area contributed by atoms with Gasteiger partial charge in [-0.2, -0.15) is 0 Å². The first kappa shape index (κ1) is 18.0. The zero-order valence-corrected chi connectivity index (χ0v) is 16.4. The molecule has 0 heterocycles. The minimum Gasteiger partial charge on any atom is -0.482 e. The number of halogens is 2. The SMILES string of the molecule is COC(=O)COc1cc(I)c(OC(=O)c2ccccc2)c(I)c1. The van der Waals surface area contributed by atoms with E-state index in [4.69, 9.17) is 9.47 Å². The Hall–Kier alpha value is -1.36. The second-order valence-electron chi connectivity index (χ2n) is 4.34. The minimum absolute atomic E-state index is 0.175. The Morgan fingerprint density at radius 1 is 1.04 bits per heavy atom. The lowest BCUT2D eigenvalue weighted by Gasteiger charge is -2.11. The van der Waals surface area contributed by atoms with E-state index < -0.39 is 11.9 Å². The fraction of sp³-hybridized carbons (Fsp3) is 0.125. The van der Waals surface area contributed by atoms with Gasteiger partial charge in [0, 0.05) is 0 Å². The van der Waals surface area contributed by atoms with Crippen molar-refractivity contribution in [2.75, 3.05) is 13.7 Å². The number of esters is 2. The van der Waals surface area contributed by atoms with Crippen molar-refractivity contribution < 1.29 is 23.8 Å². The summed E-state index contributed by atoms with van der Waals surface area (Å²) >= 11 is 4.10. The number of carbonyl (C=O) groups is 2. The zero-order chi connectivity index (χ0) is 16.8. The lowest BCUT2D eigenvalue weighted by molar-refractivity contribution is -0.142. The molecule has 0 aliphatic rings. The van der Waals surface area contributed by atoms with E-state index in [1.807, 2.05) is 6.07 Å². The van der Waals surface area contributed by atoms with Gasteiger partial charge in [-0.05, 0) is 69.4 Å². The summed E-state index contributed by atoms with van der Waals surface area (Å²) in [5.41, 5.74) is 0.477. The minimum atomic E-state index is -0.463. The van der Waals surface area contributed by atoms with Gasteiger partial charge in [0.2, 0.25) is 0 Å². The first-order valence-corrected chi connectivity index (χ1v) is 8.63. The molecule has 0 N–H and O–H groups in total. The van der Waals surface area contributed by atoms with E-state index in [1.54, 1.807) is 36.4 Å². The van der Waals surface area contributed by atoms with Crippen LogP contribution in [-0.2, 0) is 9.53 Å². The predicted molar refractivity (Wildman–Crippen MR) is 101 cm³/mol. The van der Waals surface area contributed by atoms with E-state index in [9.17, 15) is 9.59 Å². The highest BCUT2D eigenvalue weighted by molar-refractivity contribution is 14.1. The number of hydrogen-bond donors (Lipinski definition) is 0. The molecule has 2 rings (SSSR count). The standard InChI is InChI=1S/C16H12I2O5/c1-21-14(19)9-22-11-7-12(17)15(13(18)8-11)23-16(20)10-5-3-2-4-6-10/h2-8H,9H2,1H3. The van der Waals surface area contributed by atoms with Crippen LogP contribution in [0.15, 0.2) is 42.5 Å². The number of benzene rings is 2. The fourth-order valence-corrected chi connectivity index (χ4v) is 3.58. The summed E-state index contributed by atoms with van der Waals surface area (Å²) in [4.78, 5) is 23.2. The molecular weight excluding hydrogens is 526 g/mol. The second-order valence-corrected chi connectivity index (χ2v) is 6.66. The monoisotopic (exact) mass is 538 g/mol. The van der Waals surface area contributed by atoms with E-state index in [-0.39, 0.29) is 6.61 Å². The Morgan fingerprint density at radius 3 is 2.22 bits per heavy atom. The van der Waals surface area contributed by atoms with E-state index in [0.29, 0.717) is 24.2 Å². The van der Waals surface area contributed by atoms with Gasteiger partial charge >= 0.3 is 11.9 Å². The van der Waals surface area contributed by atoms with Crippen molar-refractivity contribution in [1.29, 1.82) is 0 Å². The topological polar surface area (TPSA) is 61.8 Å². The molecule has 2 aromatic rings. The summed E-state index contributed by atoms with van der Waals surface area (Å²) in [6, 6.07) is 12.1. The first-order chi connectivity index (χ1) is 11.0. The quantitative estimate of drug-likeness (QED) is 0.331. The average molecular weight is 538 g/mol. The lowest BCUT2D eigenvalue weighted by atomic mass is 10.2. The maximum absolute atomic E-state index is 12.1. The van der Waals surface area contributed by atoms with Crippen molar-refractivity contribution in [2.45, 2.75) is 0 Å². The van der Waals surface area contributed by atoms with E-state index in [0.717, 1.165) is 0 Å². The summed E-state index contributed by atoms with van der Waals surface area (Å²) in [5, 5.41) is 0. The number of rotatable bonds is 5. The zero-order valence-electron chi connectivity index (χ0n) is 12.0. The Kier molecular flexibility index (Phi) is 6.63. The maximum Gasteiger partial charge on any atom is 0.343 e. The number of methoxy groups -OCH3 is 1. The van der Waals surface area contributed by atoms with Gasteiger partial charge in [-0.1, -0.05) is 18.2 Å². The van der Waals surface area contributed by atoms with Crippen LogP contribution in [0.1, 0.15) is 10.4 Å². The molecule has 0 aliphatic carbocycles. The Bertz CT molecular complexity index is 693. The summed E-state index contributed by atoms with van der Waals surface area (Å²) in [5.74, 6) is 0.0773. The third-order valence-corrected chi connectivity index (χ3v) is 4.36. The van der Waals surface area contributed by atoms with Crippen LogP contribution < -0.4 is 9.47 Å². The van der Waals surface area contributed by atoms with Crippen LogP contribution in [0.4, 0.5) is 0 Å². The van der Waals surface area contributed by atoms with Gasteiger partial charge in [0.15, 0.2) is 12.4 Å². The lowest BCUT2D eigenvalue weighted by Crippen LogP contribution is -2.13. The molecule has 0 saturated heterocycles. The van der Waals surface area contributed by atoms with Crippen LogP contribution >= 0.6 is 45.2 Å². The molecular formula is C16H12I2O5. The van der Waals surface area contributed by atoms with Crippen molar-refractivity contribution in [3.05, 3.63) is 55.2 Å². The molecule has 0 fully saturated rings. The third kappa shape index (κ3) is 5.06. The van der Waals surface area contributed by atoms with Crippen molar-refractivity contribution in [3.63, 3.8) is 0 Å². The van der Waals surface area contributed by atoms with Crippen LogP contribution in [0.5, 0.6) is 11.5 Å². The van der Waals surface area contributed by atoms with Gasteiger partial charge in [0.1, 0.15) is 5.75 Å². The van der Waals surface area contributed by atoms with Crippen LogP contribution in [-0.4, -0.2) is 25.7 Å². The molecule has 2 aromatic carbocycles. The molecule has 0 bridgehead atoms. The van der Waals surface area contributed by atoms with Crippen LogP contribution in [0, 0.1) is 7.14 Å². The van der Waals surface area contributed by atoms with Crippen molar-refractivity contribution in [1.82, 2.24) is 0 Å². The first-order valence-electron chi connectivity index (χ1n) is 6.47. The Balaban J connectivity index is 2.14. The molecule has 7 heteroatoms. The molecule has 0 saturated carbocycles.